The Balaban J connectivity index is 1.44. The highest BCUT2D eigenvalue weighted by Gasteiger charge is 2.62. The van der Waals surface area contributed by atoms with Crippen molar-refractivity contribution >= 4 is 18.0 Å². The molecule has 0 spiro atoms. The van der Waals surface area contributed by atoms with Crippen molar-refractivity contribution in [3.05, 3.63) is 65.8 Å². The average molecular weight is 549 g/mol. The van der Waals surface area contributed by atoms with Crippen molar-refractivity contribution in [2.75, 3.05) is 0 Å². The van der Waals surface area contributed by atoms with Crippen LogP contribution in [0.5, 0.6) is 0 Å². The molecule has 4 aliphatic rings. The number of hydrogen-bond acceptors (Lipinski definition) is 6. The minimum Gasteiger partial charge on any atom is -0.460 e. The molecule has 10 unspecified atom stereocenters. The van der Waals surface area contributed by atoms with Gasteiger partial charge in [-0.25, -0.2) is 9.59 Å². The summed E-state index contributed by atoms with van der Waals surface area (Å²) >= 11 is 0. The Morgan fingerprint density at radius 3 is 2.55 bits per heavy atom. The van der Waals surface area contributed by atoms with Crippen LogP contribution in [-0.2, 0) is 19.1 Å². The smallest absolute Gasteiger partial charge is 0.338 e. The maximum atomic E-state index is 13.0. The highest BCUT2D eigenvalue weighted by Crippen LogP contribution is 2.63. The van der Waals surface area contributed by atoms with Crippen LogP contribution in [0, 0.1) is 40.9 Å². The van der Waals surface area contributed by atoms with Crippen LogP contribution in [0.1, 0.15) is 65.9 Å². The Kier molecular flexibility index (Phi) is 7.64. The second-order valence-electron chi connectivity index (χ2n) is 13.3. The van der Waals surface area contributed by atoms with Crippen LogP contribution >= 0.6 is 0 Å². The van der Waals surface area contributed by atoms with Crippen molar-refractivity contribution in [3.8, 4) is 0 Å². The molecular formula is C34H44O6. The molecule has 1 heterocycles. The predicted molar refractivity (Wildman–Crippen MR) is 154 cm³/mol. The van der Waals surface area contributed by atoms with Crippen molar-refractivity contribution in [3.63, 3.8) is 0 Å². The van der Waals surface area contributed by atoms with Gasteiger partial charge in [-0.1, -0.05) is 69.3 Å². The molecule has 0 bridgehead atoms. The number of aliphatic hydroxyl groups excluding tert-OH is 1. The molecule has 1 aliphatic heterocycles. The number of carbonyl (C=O) groups is 2. The molecule has 0 amide bonds. The van der Waals surface area contributed by atoms with Gasteiger partial charge >= 0.3 is 11.9 Å². The van der Waals surface area contributed by atoms with E-state index in [-0.39, 0.29) is 47.1 Å². The quantitative estimate of drug-likeness (QED) is 0.293. The van der Waals surface area contributed by atoms with E-state index < -0.39 is 29.7 Å². The molecule has 1 aromatic carbocycles. The van der Waals surface area contributed by atoms with Crippen molar-refractivity contribution in [2.45, 2.75) is 84.2 Å². The highest BCUT2D eigenvalue weighted by atomic mass is 16.6. The van der Waals surface area contributed by atoms with Gasteiger partial charge in [0.15, 0.2) is 6.10 Å². The van der Waals surface area contributed by atoms with Crippen LogP contribution in [0.15, 0.2) is 60.2 Å². The maximum Gasteiger partial charge on any atom is 0.338 e. The molecular weight excluding hydrogens is 504 g/mol. The molecule has 0 radical (unpaired) electrons. The third-order valence-electron chi connectivity index (χ3n) is 10.7. The third kappa shape index (κ3) is 4.77. The van der Waals surface area contributed by atoms with E-state index in [4.69, 9.17) is 9.47 Å². The molecule has 10 atom stereocenters. The van der Waals surface area contributed by atoms with Crippen LogP contribution in [0.3, 0.4) is 0 Å². The molecule has 6 heteroatoms. The SMILES string of the molecule is C=C1C2CC3C(C(C)C)C(OC(=O)C=Cc4ccccc4)CC3(C)CC2/C(C)=C/CC2C(C)OC(=O)C(O)C12O. The summed E-state index contributed by atoms with van der Waals surface area (Å²) in [5.41, 5.74) is 0.935. The summed E-state index contributed by atoms with van der Waals surface area (Å²) in [7, 11) is 0. The number of hydrogen-bond donors (Lipinski definition) is 2. The number of fused-ring (bicyclic) bond motifs is 3. The number of cyclic esters (lactones) is 1. The second-order valence-corrected chi connectivity index (χ2v) is 13.3. The first-order chi connectivity index (χ1) is 18.9. The Bertz CT molecular complexity index is 1220. The van der Waals surface area contributed by atoms with Crippen LogP contribution in [-0.4, -0.2) is 46.1 Å². The monoisotopic (exact) mass is 548 g/mol. The molecule has 2 N–H and O–H groups in total. The second kappa shape index (κ2) is 10.6. The molecule has 2 saturated carbocycles. The fourth-order valence-corrected chi connectivity index (χ4v) is 8.64. The number of carbonyl (C=O) groups excluding carboxylic acids is 2. The van der Waals surface area contributed by atoms with Crippen LogP contribution in [0.4, 0.5) is 0 Å². The normalized spacial score (nSPS) is 42.6. The van der Waals surface area contributed by atoms with Gasteiger partial charge in [-0.15, -0.1) is 0 Å². The minimum atomic E-state index is -1.75. The van der Waals surface area contributed by atoms with E-state index in [2.05, 4.69) is 40.3 Å². The Hall–Kier alpha value is -2.70. The first kappa shape index (κ1) is 28.8. The minimum absolute atomic E-state index is 0.0573. The zero-order valence-corrected chi connectivity index (χ0v) is 24.4. The molecule has 1 saturated heterocycles. The number of aliphatic hydroxyl groups is 2. The number of benzene rings is 1. The Morgan fingerprint density at radius 1 is 1.18 bits per heavy atom. The fraction of sp³-hybridized carbons (Fsp3) is 0.588. The summed E-state index contributed by atoms with van der Waals surface area (Å²) in [5, 5.41) is 23.0. The number of rotatable bonds is 4. The summed E-state index contributed by atoms with van der Waals surface area (Å²) in [5.74, 6) is -0.905. The van der Waals surface area contributed by atoms with Crippen LogP contribution in [0.2, 0.25) is 0 Å². The predicted octanol–water partition coefficient (Wildman–Crippen LogP) is 5.50. The molecule has 40 heavy (non-hydrogen) atoms. The standard InChI is InChI=1S/C34H44O6/c1-19(2)30-27-16-24-21(4)34(38)26(22(5)39-32(37)31(34)36)14-12-20(3)25(24)17-33(27,6)18-28(30)40-29(35)15-13-23-10-8-7-9-11-23/h7-13,15,19,22,24-28,30-31,36,38H,4,14,16-18H2,1-3,5-6H3/b15-13?,20-12+. The van der Waals surface area contributed by atoms with E-state index in [1.54, 1.807) is 13.0 Å². The lowest BCUT2D eigenvalue weighted by molar-refractivity contribution is -0.209. The molecule has 216 valence electrons. The number of esters is 2. The van der Waals surface area contributed by atoms with Gasteiger partial charge in [0, 0.05) is 17.9 Å². The Labute approximate surface area is 238 Å². The van der Waals surface area contributed by atoms with Crippen LogP contribution in [0.25, 0.3) is 6.08 Å². The van der Waals surface area contributed by atoms with Gasteiger partial charge in [0.25, 0.3) is 0 Å². The van der Waals surface area contributed by atoms with Crippen molar-refractivity contribution in [1.29, 1.82) is 0 Å². The van der Waals surface area contributed by atoms with Gasteiger partial charge in [-0.2, -0.15) is 0 Å². The molecule has 3 aliphatic carbocycles. The topological polar surface area (TPSA) is 93.1 Å². The van der Waals surface area contributed by atoms with Crippen molar-refractivity contribution in [2.24, 2.45) is 40.9 Å². The van der Waals surface area contributed by atoms with E-state index in [1.165, 1.54) is 11.6 Å². The van der Waals surface area contributed by atoms with Crippen molar-refractivity contribution < 1.29 is 29.3 Å². The summed E-state index contributed by atoms with van der Waals surface area (Å²) < 4.78 is 11.6. The molecule has 0 aromatic heterocycles. The zero-order valence-electron chi connectivity index (χ0n) is 24.4. The lowest BCUT2D eigenvalue weighted by Crippen LogP contribution is -2.63. The molecule has 5 rings (SSSR count). The van der Waals surface area contributed by atoms with Gasteiger partial charge in [0.1, 0.15) is 17.8 Å². The first-order valence-corrected chi connectivity index (χ1v) is 14.8. The van der Waals surface area contributed by atoms with E-state index in [9.17, 15) is 19.8 Å². The Morgan fingerprint density at radius 2 is 1.88 bits per heavy atom. The van der Waals surface area contributed by atoms with Gasteiger partial charge in [0.2, 0.25) is 0 Å². The van der Waals surface area contributed by atoms with Gasteiger partial charge in [0.05, 0.1) is 0 Å². The largest absolute Gasteiger partial charge is 0.460 e. The highest BCUT2D eigenvalue weighted by molar-refractivity contribution is 5.87. The number of ether oxygens (including phenoxy) is 2. The van der Waals surface area contributed by atoms with E-state index in [0.29, 0.717) is 12.0 Å². The summed E-state index contributed by atoms with van der Waals surface area (Å²) in [6.07, 6.45) is 5.97. The maximum absolute atomic E-state index is 13.0. The lowest BCUT2D eigenvalue weighted by atomic mass is 9.53. The fourth-order valence-electron chi connectivity index (χ4n) is 8.64. The number of allylic oxidation sites excluding steroid dienone is 2. The van der Waals surface area contributed by atoms with E-state index in [1.807, 2.05) is 30.3 Å². The lowest BCUT2D eigenvalue weighted by Gasteiger charge is -2.54. The molecule has 3 fully saturated rings. The van der Waals surface area contributed by atoms with Crippen LogP contribution < -0.4 is 0 Å². The van der Waals surface area contributed by atoms with Gasteiger partial charge in [-0.05, 0) is 85.8 Å². The molecule has 1 aromatic rings. The summed E-state index contributed by atoms with van der Waals surface area (Å²) in [4.78, 5) is 25.5. The third-order valence-corrected chi connectivity index (χ3v) is 10.7. The summed E-state index contributed by atoms with van der Waals surface area (Å²) in [6, 6.07) is 9.71. The van der Waals surface area contributed by atoms with Gasteiger partial charge < -0.3 is 19.7 Å². The van der Waals surface area contributed by atoms with Crippen molar-refractivity contribution in [1.82, 2.24) is 0 Å². The zero-order chi connectivity index (χ0) is 29.0. The van der Waals surface area contributed by atoms with E-state index >= 15 is 0 Å². The molecule has 6 nitrogen and oxygen atoms in total. The van der Waals surface area contributed by atoms with E-state index in [0.717, 1.165) is 24.8 Å². The van der Waals surface area contributed by atoms with Gasteiger partial charge in [-0.3, -0.25) is 0 Å². The first-order valence-electron chi connectivity index (χ1n) is 14.8. The summed E-state index contributed by atoms with van der Waals surface area (Å²) in [6.45, 7) is 15.0. The average Bonchev–Trinajstić information content (AvgIpc) is 3.20.